The minimum Gasteiger partial charge on any atom is -0.710 e. The van der Waals surface area contributed by atoms with E-state index < -0.39 is 0 Å². The van der Waals surface area contributed by atoms with Crippen LogP contribution in [0.4, 0.5) is 0 Å². The third kappa shape index (κ3) is 1.43. The molecular weight excluding hydrogens is 204 g/mol. The zero-order valence-electron chi connectivity index (χ0n) is 9.34. The highest BCUT2D eigenvalue weighted by atomic mass is 16.5. The molecule has 1 N–H and O–H groups in total. The first kappa shape index (κ1) is 10.5. The second-order valence-corrected chi connectivity index (χ2v) is 3.68. The molecule has 1 heterocycles. The van der Waals surface area contributed by atoms with E-state index >= 15 is 0 Å². The molecule has 0 atom stereocenters. The lowest BCUT2D eigenvalue weighted by Crippen LogP contribution is -2.30. The Morgan fingerprint density at radius 3 is 2.44 bits per heavy atom. The Morgan fingerprint density at radius 2 is 1.94 bits per heavy atom. The molecular formula is C12H14N2O2. The smallest absolute Gasteiger partial charge is 0.331 e. The van der Waals surface area contributed by atoms with Crippen molar-refractivity contribution in [1.29, 1.82) is 0 Å². The van der Waals surface area contributed by atoms with Gasteiger partial charge in [-0.2, -0.15) is 0 Å². The Kier molecular flexibility index (Phi) is 2.56. The van der Waals surface area contributed by atoms with E-state index in [1.165, 1.54) is 0 Å². The normalized spacial score (nSPS) is 10.6. The molecule has 1 aromatic heterocycles. The number of hydrogen-bond donors (Lipinski definition) is 1. The second-order valence-electron chi connectivity index (χ2n) is 3.68. The van der Waals surface area contributed by atoms with Gasteiger partial charge in [0.2, 0.25) is 0 Å². The Hall–Kier alpha value is -1.97. The maximum absolute atomic E-state index is 11.9. The summed E-state index contributed by atoms with van der Waals surface area (Å²) in [5.74, 6) is 0.273. The maximum atomic E-state index is 11.9. The van der Waals surface area contributed by atoms with E-state index in [-0.39, 0.29) is 5.82 Å². The van der Waals surface area contributed by atoms with E-state index in [9.17, 15) is 10.4 Å². The Balaban J connectivity index is 2.67. The van der Waals surface area contributed by atoms with Gasteiger partial charge in [0.1, 0.15) is 0 Å². The predicted octanol–water partition coefficient (Wildman–Crippen LogP) is 1.90. The number of aromatic nitrogens is 2. The van der Waals surface area contributed by atoms with Gasteiger partial charge in [0, 0.05) is 13.3 Å². The van der Waals surface area contributed by atoms with Crippen LogP contribution in [-0.4, -0.2) is 9.94 Å². The van der Waals surface area contributed by atoms with E-state index in [4.69, 9.17) is 0 Å². The summed E-state index contributed by atoms with van der Waals surface area (Å²) in [7, 11) is 0. The van der Waals surface area contributed by atoms with Crippen molar-refractivity contribution in [2.24, 2.45) is 0 Å². The van der Waals surface area contributed by atoms with Gasteiger partial charge in [-0.15, -0.1) is 0 Å². The van der Waals surface area contributed by atoms with Gasteiger partial charge >= 0.3 is 5.82 Å². The van der Waals surface area contributed by atoms with Gasteiger partial charge in [-0.25, -0.2) is 4.73 Å². The quantitative estimate of drug-likeness (QED) is 0.475. The minimum absolute atomic E-state index is 0.273. The van der Waals surface area contributed by atoms with Crippen LogP contribution < -0.4 is 4.73 Å². The van der Waals surface area contributed by atoms with Crippen LogP contribution in [0.2, 0.25) is 0 Å². The molecule has 84 valence electrons. The van der Waals surface area contributed by atoms with Crippen molar-refractivity contribution in [1.82, 2.24) is 4.73 Å². The molecule has 0 aliphatic heterocycles. The van der Waals surface area contributed by atoms with Gasteiger partial charge in [0.25, 0.3) is 0 Å². The molecule has 4 nitrogen and oxygen atoms in total. The highest BCUT2D eigenvalue weighted by Crippen LogP contribution is 2.18. The van der Waals surface area contributed by atoms with Crippen LogP contribution in [0, 0.1) is 12.1 Å². The summed E-state index contributed by atoms with van der Waals surface area (Å²) in [6.07, 6.45) is 0.622. The Morgan fingerprint density at radius 1 is 1.31 bits per heavy atom. The fraction of sp³-hybridized carbons (Fsp3) is 0.250. The van der Waals surface area contributed by atoms with Crippen molar-refractivity contribution in [3.63, 3.8) is 0 Å². The number of benzene rings is 1. The molecule has 0 saturated heterocycles. The zero-order chi connectivity index (χ0) is 11.7. The monoisotopic (exact) mass is 218 g/mol. The van der Waals surface area contributed by atoms with E-state index in [2.05, 4.69) is 0 Å². The fourth-order valence-corrected chi connectivity index (χ4v) is 1.88. The summed E-state index contributed by atoms with van der Waals surface area (Å²) in [5, 5.41) is 21.8. The van der Waals surface area contributed by atoms with Crippen LogP contribution in [0.1, 0.15) is 18.3 Å². The number of rotatable bonds is 2. The topological polar surface area (TPSA) is 52.1 Å². The molecule has 4 heteroatoms. The van der Waals surface area contributed by atoms with Crippen molar-refractivity contribution < 1.29 is 9.94 Å². The largest absolute Gasteiger partial charge is 0.710 e. The highest BCUT2D eigenvalue weighted by molar-refractivity contribution is 5.53. The van der Waals surface area contributed by atoms with Gasteiger partial charge in [-0.05, 0) is 16.9 Å². The van der Waals surface area contributed by atoms with Crippen molar-refractivity contribution >= 4 is 0 Å². The summed E-state index contributed by atoms with van der Waals surface area (Å²) in [5.41, 5.74) is 1.90. The third-order valence-electron chi connectivity index (χ3n) is 2.74. The average Bonchev–Trinajstić information content (AvgIpc) is 2.51. The summed E-state index contributed by atoms with van der Waals surface area (Å²) >= 11 is 0. The summed E-state index contributed by atoms with van der Waals surface area (Å²) in [6.45, 7) is 3.62. The van der Waals surface area contributed by atoms with Crippen LogP contribution in [0.3, 0.4) is 0 Å². The second kappa shape index (κ2) is 3.89. The maximum Gasteiger partial charge on any atom is 0.331 e. The van der Waals surface area contributed by atoms with Gasteiger partial charge in [0.05, 0.1) is 5.56 Å². The van der Waals surface area contributed by atoms with E-state index in [1.54, 1.807) is 19.1 Å². The molecule has 0 aliphatic carbocycles. The lowest BCUT2D eigenvalue weighted by atomic mass is 10.2. The summed E-state index contributed by atoms with van der Waals surface area (Å²) in [6, 6.07) is 9.15. The molecule has 1 aromatic carbocycles. The molecule has 0 amide bonds. The Labute approximate surface area is 93.9 Å². The van der Waals surface area contributed by atoms with E-state index in [0.29, 0.717) is 23.4 Å². The van der Waals surface area contributed by atoms with Gasteiger partial charge in [-0.1, -0.05) is 25.1 Å². The fourth-order valence-electron chi connectivity index (χ4n) is 1.88. The molecule has 0 bridgehead atoms. The molecule has 0 saturated carbocycles. The van der Waals surface area contributed by atoms with Crippen molar-refractivity contribution in [3.05, 3.63) is 46.9 Å². The minimum atomic E-state index is 0.273. The van der Waals surface area contributed by atoms with E-state index in [1.807, 2.05) is 25.1 Å². The predicted molar refractivity (Wildman–Crippen MR) is 60.1 cm³/mol. The first-order valence-corrected chi connectivity index (χ1v) is 5.25. The van der Waals surface area contributed by atoms with Gasteiger partial charge in [-0.3, -0.25) is 0 Å². The molecule has 0 radical (unpaired) electrons. The molecule has 2 aromatic rings. The van der Waals surface area contributed by atoms with Crippen LogP contribution in [-0.2, 0) is 6.42 Å². The molecule has 0 aliphatic rings. The highest BCUT2D eigenvalue weighted by Gasteiger charge is 2.24. The first-order valence-electron chi connectivity index (χ1n) is 5.25. The van der Waals surface area contributed by atoms with Gasteiger partial charge < -0.3 is 10.4 Å². The van der Waals surface area contributed by atoms with Crippen molar-refractivity contribution in [2.75, 3.05) is 0 Å². The third-order valence-corrected chi connectivity index (χ3v) is 2.74. The zero-order valence-corrected chi connectivity index (χ0v) is 9.34. The molecule has 2 rings (SSSR count). The number of nitrogens with zero attached hydrogens (tertiary/aromatic N) is 2. The summed E-state index contributed by atoms with van der Waals surface area (Å²) in [4.78, 5) is 0. The van der Waals surface area contributed by atoms with Crippen molar-refractivity contribution in [2.45, 2.75) is 20.3 Å². The first-order chi connectivity index (χ1) is 7.66. The SMILES string of the molecule is CCc1c(C)[n+]([O-])c(-c2ccccc2)n1O. The number of hydrogen-bond acceptors (Lipinski definition) is 2. The molecule has 0 unspecified atom stereocenters. The standard InChI is InChI=1S/C12H14N2O2/c1-3-11-9(2)13(15)12(14(11)16)10-7-5-4-6-8-10/h4-8,16H,3H2,1-2H3. The van der Waals surface area contributed by atoms with Gasteiger partial charge in [0.15, 0.2) is 11.4 Å². The van der Waals surface area contributed by atoms with E-state index in [0.717, 1.165) is 9.46 Å². The van der Waals surface area contributed by atoms with Crippen molar-refractivity contribution in [3.8, 4) is 11.4 Å². The molecule has 16 heavy (non-hydrogen) atoms. The van der Waals surface area contributed by atoms with Crippen LogP contribution in [0.5, 0.6) is 0 Å². The average molecular weight is 218 g/mol. The van der Waals surface area contributed by atoms with Crippen LogP contribution in [0.15, 0.2) is 30.3 Å². The lowest BCUT2D eigenvalue weighted by molar-refractivity contribution is -0.600. The number of imidazole rings is 1. The molecule has 0 spiro atoms. The summed E-state index contributed by atoms with van der Waals surface area (Å²) < 4.78 is 1.76. The Bertz CT molecular complexity index is 503. The van der Waals surface area contributed by atoms with Crippen LogP contribution >= 0.6 is 0 Å². The molecule has 0 fully saturated rings. The van der Waals surface area contributed by atoms with Crippen LogP contribution in [0.25, 0.3) is 11.4 Å². The lowest BCUT2D eigenvalue weighted by Gasteiger charge is -2.03.